The molecule has 3 rings (SSSR count). The van der Waals surface area contributed by atoms with Crippen molar-refractivity contribution in [2.75, 3.05) is 6.61 Å². The molecule has 1 aromatic heterocycles. The molecule has 1 fully saturated rings. The number of aliphatic hydroxyl groups is 1. The summed E-state index contributed by atoms with van der Waals surface area (Å²) in [5.41, 5.74) is 0.750. The van der Waals surface area contributed by atoms with Gasteiger partial charge in [0.15, 0.2) is 0 Å². The number of amides is 2. The van der Waals surface area contributed by atoms with Gasteiger partial charge >= 0.3 is 0 Å². The summed E-state index contributed by atoms with van der Waals surface area (Å²) in [6, 6.07) is 7.38. The van der Waals surface area contributed by atoms with Gasteiger partial charge in [-0.3, -0.25) is 9.59 Å². The fourth-order valence-corrected chi connectivity index (χ4v) is 3.35. The van der Waals surface area contributed by atoms with Crippen molar-refractivity contribution in [2.45, 2.75) is 44.2 Å². The van der Waals surface area contributed by atoms with Crippen LogP contribution in [-0.2, 0) is 4.79 Å². The number of aliphatic hydroxyl groups excluding tert-OH is 1. The lowest BCUT2D eigenvalue weighted by Crippen LogP contribution is -2.51. The van der Waals surface area contributed by atoms with E-state index in [-0.39, 0.29) is 17.4 Å². The normalized spacial score (nSPS) is 15.9. The van der Waals surface area contributed by atoms with Gasteiger partial charge in [-0.1, -0.05) is 19.3 Å². The van der Waals surface area contributed by atoms with E-state index in [2.05, 4.69) is 10.6 Å². The van der Waals surface area contributed by atoms with Crippen molar-refractivity contribution >= 4 is 11.8 Å². The van der Waals surface area contributed by atoms with Crippen LogP contribution in [0.5, 0.6) is 5.75 Å². The van der Waals surface area contributed by atoms with E-state index in [0.717, 1.165) is 25.7 Å². The van der Waals surface area contributed by atoms with Crippen LogP contribution in [0.2, 0.25) is 0 Å². The Hall–Kier alpha value is -2.80. The van der Waals surface area contributed by atoms with Crippen molar-refractivity contribution in [2.24, 2.45) is 0 Å². The fraction of sp³-hybridized carbons (Fsp3) is 0.400. The lowest BCUT2D eigenvalue weighted by atomic mass is 9.95. The molecule has 27 heavy (non-hydrogen) atoms. The first-order valence-electron chi connectivity index (χ1n) is 9.27. The highest BCUT2D eigenvalue weighted by Crippen LogP contribution is 2.21. The molecule has 144 valence electrons. The zero-order chi connectivity index (χ0) is 19.2. The van der Waals surface area contributed by atoms with Gasteiger partial charge in [0.1, 0.15) is 11.8 Å². The van der Waals surface area contributed by atoms with E-state index in [4.69, 9.17) is 0 Å². The molecule has 0 bridgehead atoms. The van der Waals surface area contributed by atoms with E-state index in [0.29, 0.717) is 5.69 Å². The number of hydrogen-bond acceptors (Lipinski definition) is 4. The first-order valence-corrected chi connectivity index (χ1v) is 9.27. The van der Waals surface area contributed by atoms with E-state index >= 15 is 0 Å². The smallest absolute Gasteiger partial charge is 0.255 e. The van der Waals surface area contributed by atoms with Crippen LogP contribution in [0.3, 0.4) is 0 Å². The maximum Gasteiger partial charge on any atom is 0.255 e. The molecule has 0 spiro atoms. The number of aromatic nitrogens is 1. The molecule has 1 atom stereocenters. The molecule has 0 aliphatic heterocycles. The van der Waals surface area contributed by atoms with Crippen molar-refractivity contribution in [1.29, 1.82) is 0 Å². The second-order valence-electron chi connectivity index (χ2n) is 6.84. The molecule has 1 saturated carbocycles. The average molecular weight is 371 g/mol. The summed E-state index contributed by atoms with van der Waals surface area (Å²) < 4.78 is 1.80. The Morgan fingerprint density at radius 3 is 2.52 bits per heavy atom. The van der Waals surface area contributed by atoms with Crippen molar-refractivity contribution in [3.63, 3.8) is 0 Å². The van der Waals surface area contributed by atoms with E-state index in [1.165, 1.54) is 18.6 Å². The zero-order valence-corrected chi connectivity index (χ0v) is 15.1. The minimum Gasteiger partial charge on any atom is -0.507 e. The Morgan fingerprint density at radius 2 is 1.85 bits per heavy atom. The lowest BCUT2D eigenvalue weighted by molar-refractivity contribution is -0.124. The van der Waals surface area contributed by atoms with Crippen molar-refractivity contribution in [3.8, 4) is 11.4 Å². The van der Waals surface area contributed by atoms with Crippen LogP contribution < -0.4 is 10.6 Å². The highest BCUT2D eigenvalue weighted by atomic mass is 16.3. The third kappa shape index (κ3) is 4.68. The second-order valence-corrected chi connectivity index (χ2v) is 6.84. The largest absolute Gasteiger partial charge is 0.507 e. The Labute approximate surface area is 158 Å². The maximum absolute atomic E-state index is 12.6. The molecule has 7 nitrogen and oxygen atoms in total. The Bertz CT molecular complexity index is 783. The number of nitrogens with one attached hydrogen (secondary N) is 2. The topological polar surface area (TPSA) is 104 Å². The number of nitrogens with zero attached hydrogens (tertiary/aromatic N) is 1. The molecule has 0 radical (unpaired) electrons. The molecule has 4 N–H and O–H groups in total. The van der Waals surface area contributed by atoms with E-state index in [1.807, 2.05) is 24.5 Å². The number of carbonyl (C=O) groups is 2. The van der Waals surface area contributed by atoms with Crippen LogP contribution in [0.25, 0.3) is 5.69 Å². The molecule has 7 heteroatoms. The number of carbonyl (C=O) groups excluding carboxylic acids is 2. The first kappa shape index (κ1) is 19.0. The summed E-state index contributed by atoms with van der Waals surface area (Å²) >= 11 is 0. The Balaban J connectivity index is 1.69. The van der Waals surface area contributed by atoms with Gasteiger partial charge in [-0.15, -0.1) is 0 Å². The van der Waals surface area contributed by atoms with Crippen LogP contribution in [-0.4, -0.2) is 45.3 Å². The third-order valence-corrected chi connectivity index (χ3v) is 4.88. The summed E-state index contributed by atoms with van der Waals surface area (Å²) in [7, 11) is 0. The molecule has 1 heterocycles. The number of hydrogen-bond donors (Lipinski definition) is 4. The predicted octanol–water partition coefficient (Wildman–Crippen LogP) is 1.72. The quantitative estimate of drug-likeness (QED) is 0.621. The Morgan fingerprint density at radius 1 is 1.15 bits per heavy atom. The van der Waals surface area contributed by atoms with Gasteiger partial charge < -0.3 is 25.4 Å². The molecule has 0 saturated heterocycles. The summed E-state index contributed by atoms with van der Waals surface area (Å²) in [6.45, 7) is -0.512. The molecule has 2 aromatic rings. The van der Waals surface area contributed by atoms with E-state index in [1.54, 1.807) is 10.6 Å². The number of phenols is 1. The number of rotatable bonds is 6. The van der Waals surface area contributed by atoms with Gasteiger partial charge in [0.05, 0.1) is 12.2 Å². The zero-order valence-electron chi connectivity index (χ0n) is 15.1. The monoisotopic (exact) mass is 371 g/mol. The Kier molecular flexibility index (Phi) is 6.13. The van der Waals surface area contributed by atoms with Crippen LogP contribution in [0.1, 0.15) is 42.5 Å². The minimum atomic E-state index is -1.06. The second kappa shape index (κ2) is 8.73. The number of phenolic OH excluding ortho intramolecular Hbond substituents is 1. The molecule has 2 amide bonds. The predicted molar refractivity (Wildman–Crippen MR) is 101 cm³/mol. The summed E-state index contributed by atoms with van der Waals surface area (Å²) in [4.78, 5) is 25.0. The van der Waals surface area contributed by atoms with Crippen LogP contribution in [0, 0.1) is 0 Å². The molecular weight excluding hydrogens is 346 g/mol. The SMILES string of the molecule is O=C(N[C@@H](CO)C(=O)NC1CCCCC1)c1cc(-n2cccc2)ccc1O. The van der Waals surface area contributed by atoms with Gasteiger partial charge in [0.2, 0.25) is 5.91 Å². The van der Waals surface area contributed by atoms with E-state index < -0.39 is 24.5 Å². The summed E-state index contributed by atoms with van der Waals surface area (Å²) in [5, 5.41) is 25.0. The molecule has 1 aliphatic rings. The molecule has 1 aliphatic carbocycles. The van der Waals surface area contributed by atoms with Crippen molar-refractivity contribution < 1.29 is 19.8 Å². The average Bonchev–Trinajstić information content (AvgIpc) is 3.21. The summed E-state index contributed by atoms with van der Waals surface area (Å²) in [6.07, 6.45) is 8.78. The van der Waals surface area contributed by atoms with Gasteiger partial charge in [0.25, 0.3) is 5.91 Å². The van der Waals surface area contributed by atoms with Crippen molar-refractivity contribution in [1.82, 2.24) is 15.2 Å². The van der Waals surface area contributed by atoms with Gasteiger partial charge in [0, 0.05) is 24.1 Å². The molecule has 1 aromatic carbocycles. The highest BCUT2D eigenvalue weighted by molar-refractivity contribution is 6.00. The fourth-order valence-electron chi connectivity index (χ4n) is 3.35. The van der Waals surface area contributed by atoms with Gasteiger partial charge in [-0.05, 0) is 43.2 Å². The van der Waals surface area contributed by atoms with Crippen LogP contribution in [0.15, 0.2) is 42.7 Å². The molecule has 0 unspecified atom stereocenters. The highest BCUT2D eigenvalue weighted by Gasteiger charge is 2.25. The van der Waals surface area contributed by atoms with Crippen LogP contribution in [0.4, 0.5) is 0 Å². The number of aromatic hydroxyl groups is 1. The minimum absolute atomic E-state index is 0.0464. The first-order chi connectivity index (χ1) is 13.1. The van der Waals surface area contributed by atoms with E-state index in [9.17, 15) is 19.8 Å². The van der Waals surface area contributed by atoms with Gasteiger partial charge in [-0.2, -0.15) is 0 Å². The summed E-state index contributed by atoms with van der Waals surface area (Å²) in [5.74, 6) is -1.20. The van der Waals surface area contributed by atoms with Crippen molar-refractivity contribution in [3.05, 3.63) is 48.3 Å². The lowest BCUT2D eigenvalue weighted by Gasteiger charge is -2.25. The molecular formula is C20H25N3O4. The number of benzene rings is 1. The third-order valence-electron chi connectivity index (χ3n) is 4.88. The van der Waals surface area contributed by atoms with Crippen LogP contribution >= 0.6 is 0 Å². The maximum atomic E-state index is 12.6. The van der Waals surface area contributed by atoms with Gasteiger partial charge in [-0.25, -0.2) is 0 Å². The standard InChI is InChI=1S/C20H25N3O4/c24-13-17(20(27)21-14-6-2-1-3-7-14)22-19(26)16-12-15(8-9-18(16)25)23-10-4-5-11-23/h4-5,8-12,14,17,24-25H,1-3,6-7,13H2,(H,21,27)(H,22,26)/t17-/m0/s1.